The van der Waals surface area contributed by atoms with Gasteiger partial charge in [-0.15, -0.1) is 0 Å². The number of pyridine rings is 1. The Morgan fingerprint density at radius 2 is 1.94 bits per heavy atom. The Morgan fingerprint density at radius 1 is 1.24 bits per heavy atom. The third kappa shape index (κ3) is 2.29. The van der Waals surface area contributed by atoms with E-state index >= 15 is 0 Å². The molecular weight excluding hydrogens is 228 g/mol. The Balaban J connectivity index is 2.75. The number of hydrogen-bond donors (Lipinski definition) is 1. The molecule has 0 amide bonds. The Labute approximate surface area is 107 Å². The smallest absolute Gasteiger partial charge is 0.123 e. The second-order valence-corrected chi connectivity index (χ2v) is 5.65. The minimum atomic E-state index is 0.109. The maximum atomic E-state index is 5.71. The molecule has 0 bridgehead atoms. The molecule has 2 N–H and O–H groups in total. The van der Waals surface area contributed by atoms with Crippen LogP contribution in [0, 0.1) is 0 Å². The summed E-state index contributed by atoms with van der Waals surface area (Å²) in [4.78, 5) is 4.61. The first-order chi connectivity index (χ1) is 7.89. The zero-order valence-electron chi connectivity index (χ0n) is 10.3. The van der Waals surface area contributed by atoms with Crippen molar-refractivity contribution >= 4 is 28.0 Å². The quantitative estimate of drug-likeness (QED) is 0.783. The highest BCUT2D eigenvalue weighted by Gasteiger charge is 2.15. The van der Waals surface area contributed by atoms with E-state index in [1.54, 1.807) is 6.20 Å². The lowest BCUT2D eigenvalue weighted by molar-refractivity contribution is 0.591. The standard InChI is InChI=1S/C14H16N2S/c1-14(2,3)10-5-4-9-6-7-16-12(13(15)17)11(9)8-10/h4-8H,1-3H3,(H2,15,17). The Hall–Kier alpha value is -1.48. The van der Waals surface area contributed by atoms with Gasteiger partial charge in [0.2, 0.25) is 0 Å². The summed E-state index contributed by atoms with van der Waals surface area (Å²) in [6, 6.07) is 8.35. The first-order valence-corrected chi connectivity index (χ1v) is 5.99. The average molecular weight is 244 g/mol. The lowest BCUT2D eigenvalue weighted by Crippen LogP contribution is -2.14. The van der Waals surface area contributed by atoms with E-state index in [2.05, 4.69) is 44.0 Å². The van der Waals surface area contributed by atoms with Crippen molar-refractivity contribution in [2.24, 2.45) is 5.73 Å². The average Bonchev–Trinajstić information content (AvgIpc) is 2.26. The monoisotopic (exact) mass is 244 g/mol. The van der Waals surface area contributed by atoms with Crippen LogP contribution in [0.25, 0.3) is 10.8 Å². The molecule has 0 atom stereocenters. The summed E-state index contributed by atoms with van der Waals surface area (Å²) in [5.74, 6) is 0. The van der Waals surface area contributed by atoms with Crippen molar-refractivity contribution in [3.8, 4) is 0 Å². The fraction of sp³-hybridized carbons (Fsp3) is 0.286. The van der Waals surface area contributed by atoms with Gasteiger partial charge >= 0.3 is 0 Å². The molecule has 2 rings (SSSR count). The molecule has 88 valence electrons. The molecule has 0 radical (unpaired) electrons. The van der Waals surface area contributed by atoms with E-state index in [1.165, 1.54) is 5.56 Å². The number of nitrogens with zero attached hydrogens (tertiary/aromatic N) is 1. The second kappa shape index (κ2) is 4.08. The Morgan fingerprint density at radius 3 is 2.53 bits per heavy atom. The summed E-state index contributed by atoms with van der Waals surface area (Å²) >= 11 is 5.04. The highest BCUT2D eigenvalue weighted by atomic mass is 32.1. The van der Waals surface area contributed by atoms with Gasteiger partial charge in [-0.2, -0.15) is 0 Å². The van der Waals surface area contributed by atoms with Crippen LogP contribution >= 0.6 is 12.2 Å². The molecular formula is C14H16N2S. The van der Waals surface area contributed by atoms with Gasteiger partial charge in [-0.25, -0.2) is 0 Å². The summed E-state index contributed by atoms with van der Waals surface area (Å²) in [5, 5.41) is 2.16. The first kappa shape index (κ1) is 12.0. The van der Waals surface area contributed by atoms with Gasteiger partial charge in [0.1, 0.15) is 10.7 Å². The maximum Gasteiger partial charge on any atom is 0.123 e. The topological polar surface area (TPSA) is 38.9 Å². The van der Waals surface area contributed by atoms with Crippen molar-refractivity contribution in [3.63, 3.8) is 0 Å². The van der Waals surface area contributed by atoms with Gasteiger partial charge < -0.3 is 5.73 Å². The third-order valence-corrected chi connectivity index (χ3v) is 3.06. The minimum Gasteiger partial charge on any atom is -0.388 e. The van der Waals surface area contributed by atoms with Gasteiger partial charge in [0.05, 0.1) is 0 Å². The third-order valence-electron chi connectivity index (χ3n) is 2.87. The molecule has 2 nitrogen and oxygen atoms in total. The van der Waals surface area contributed by atoms with E-state index in [1.807, 2.05) is 6.07 Å². The van der Waals surface area contributed by atoms with E-state index < -0.39 is 0 Å². The van der Waals surface area contributed by atoms with E-state index in [0.717, 1.165) is 10.8 Å². The van der Waals surface area contributed by atoms with Crippen molar-refractivity contribution in [1.29, 1.82) is 0 Å². The van der Waals surface area contributed by atoms with E-state index in [4.69, 9.17) is 18.0 Å². The van der Waals surface area contributed by atoms with Gasteiger partial charge in [-0.1, -0.05) is 45.1 Å². The van der Waals surface area contributed by atoms with Gasteiger partial charge in [0.25, 0.3) is 0 Å². The molecule has 1 aromatic heterocycles. The predicted octanol–water partition coefficient (Wildman–Crippen LogP) is 3.17. The van der Waals surface area contributed by atoms with Crippen molar-refractivity contribution < 1.29 is 0 Å². The molecule has 0 aliphatic carbocycles. The number of thiocarbonyl (C=S) groups is 1. The fourth-order valence-corrected chi connectivity index (χ4v) is 1.99. The van der Waals surface area contributed by atoms with Gasteiger partial charge in [-0.05, 0) is 28.5 Å². The van der Waals surface area contributed by atoms with Crippen molar-refractivity contribution in [2.45, 2.75) is 26.2 Å². The number of nitrogens with two attached hydrogens (primary N) is 1. The summed E-state index contributed by atoms with van der Waals surface area (Å²) < 4.78 is 0. The molecule has 2 aromatic rings. The van der Waals surface area contributed by atoms with Gasteiger partial charge in [0.15, 0.2) is 0 Å². The number of aromatic nitrogens is 1. The molecule has 1 heterocycles. The Bertz CT molecular complexity index is 582. The van der Waals surface area contributed by atoms with Crippen LogP contribution in [0.2, 0.25) is 0 Å². The van der Waals surface area contributed by atoms with Crippen LogP contribution in [0.5, 0.6) is 0 Å². The van der Waals surface area contributed by atoms with Gasteiger partial charge in [-0.3, -0.25) is 4.98 Å². The number of hydrogen-bond acceptors (Lipinski definition) is 2. The molecule has 0 unspecified atom stereocenters. The molecule has 3 heteroatoms. The highest BCUT2D eigenvalue weighted by Crippen LogP contribution is 2.27. The molecule has 0 saturated carbocycles. The Kier molecular flexibility index (Phi) is 2.87. The van der Waals surface area contributed by atoms with Crippen molar-refractivity contribution in [2.75, 3.05) is 0 Å². The van der Waals surface area contributed by atoms with Crippen LogP contribution in [-0.2, 0) is 5.41 Å². The second-order valence-electron chi connectivity index (χ2n) is 5.21. The van der Waals surface area contributed by atoms with Crippen molar-refractivity contribution in [1.82, 2.24) is 4.98 Å². The van der Waals surface area contributed by atoms with Crippen LogP contribution in [0.3, 0.4) is 0 Å². The summed E-state index contributed by atoms with van der Waals surface area (Å²) in [6.45, 7) is 6.56. The van der Waals surface area contributed by atoms with Crippen LogP contribution < -0.4 is 5.73 Å². The summed E-state index contributed by atoms with van der Waals surface area (Å²) in [5.41, 5.74) is 7.79. The predicted molar refractivity (Wildman–Crippen MR) is 76.3 cm³/mol. The zero-order valence-corrected chi connectivity index (χ0v) is 11.1. The first-order valence-electron chi connectivity index (χ1n) is 5.58. The van der Waals surface area contributed by atoms with E-state index in [0.29, 0.717) is 10.7 Å². The van der Waals surface area contributed by atoms with Crippen LogP contribution in [0.4, 0.5) is 0 Å². The molecule has 0 aliphatic heterocycles. The van der Waals surface area contributed by atoms with Gasteiger partial charge in [0, 0.05) is 11.6 Å². The molecule has 0 spiro atoms. The zero-order chi connectivity index (χ0) is 12.6. The SMILES string of the molecule is CC(C)(C)c1ccc2ccnc(C(N)=S)c2c1. The molecule has 0 fully saturated rings. The number of fused-ring (bicyclic) bond motifs is 1. The molecule has 17 heavy (non-hydrogen) atoms. The highest BCUT2D eigenvalue weighted by molar-refractivity contribution is 7.80. The normalized spacial score (nSPS) is 11.7. The summed E-state index contributed by atoms with van der Waals surface area (Å²) in [7, 11) is 0. The lowest BCUT2D eigenvalue weighted by Gasteiger charge is -2.19. The van der Waals surface area contributed by atoms with Crippen LogP contribution in [0.1, 0.15) is 32.0 Å². The van der Waals surface area contributed by atoms with E-state index in [9.17, 15) is 0 Å². The molecule has 1 aromatic carbocycles. The van der Waals surface area contributed by atoms with Crippen molar-refractivity contribution in [3.05, 3.63) is 41.7 Å². The van der Waals surface area contributed by atoms with Crippen LogP contribution in [0.15, 0.2) is 30.5 Å². The largest absolute Gasteiger partial charge is 0.388 e. The fourth-order valence-electron chi connectivity index (χ4n) is 1.83. The molecule has 0 saturated heterocycles. The van der Waals surface area contributed by atoms with E-state index in [-0.39, 0.29) is 5.41 Å². The van der Waals surface area contributed by atoms with Crippen LogP contribution in [-0.4, -0.2) is 9.97 Å². The maximum absolute atomic E-state index is 5.71. The number of benzene rings is 1. The summed E-state index contributed by atoms with van der Waals surface area (Å²) in [6.07, 6.45) is 1.74. The number of rotatable bonds is 1. The lowest BCUT2D eigenvalue weighted by atomic mass is 9.86. The minimum absolute atomic E-state index is 0.109. The molecule has 0 aliphatic rings.